The third kappa shape index (κ3) is 1.37. The van der Waals surface area contributed by atoms with Gasteiger partial charge in [-0.3, -0.25) is 4.79 Å². The van der Waals surface area contributed by atoms with Gasteiger partial charge in [-0.05, 0) is 18.6 Å². The predicted molar refractivity (Wildman–Crippen MR) is 53.4 cm³/mol. The van der Waals surface area contributed by atoms with Gasteiger partial charge >= 0.3 is 0 Å². The molecule has 1 aromatic rings. The molecule has 2 rings (SSSR count). The second-order valence-corrected chi connectivity index (χ2v) is 3.44. The Hall–Kier alpha value is -1.58. The van der Waals surface area contributed by atoms with Crippen LogP contribution in [-0.4, -0.2) is 24.5 Å². The van der Waals surface area contributed by atoms with Crippen LogP contribution >= 0.6 is 0 Å². The maximum Gasteiger partial charge on any atom is 0.257 e. The first-order chi connectivity index (χ1) is 7.19. The quantitative estimate of drug-likeness (QED) is 0.743. The van der Waals surface area contributed by atoms with Crippen molar-refractivity contribution in [3.63, 3.8) is 0 Å². The van der Waals surface area contributed by atoms with E-state index in [9.17, 15) is 9.18 Å². The van der Waals surface area contributed by atoms with E-state index in [0.717, 1.165) is 5.56 Å². The average molecular weight is 209 g/mol. The van der Waals surface area contributed by atoms with Gasteiger partial charge in [0, 0.05) is 13.1 Å². The lowest BCUT2D eigenvalue weighted by atomic mass is 10.1. The van der Waals surface area contributed by atoms with Crippen LogP contribution in [0.1, 0.15) is 22.8 Å². The van der Waals surface area contributed by atoms with Crippen LogP contribution in [0.4, 0.5) is 4.39 Å². The summed E-state index contributed by atoms with van der Waals surface area (Å²) in [7, 11) is 1.39. The van der Waals surface area contributed by atoms with Crippen LogP contribution < -0.4 is 4.74 Å². The molecule has 1 aliphatic rings. The molecule has 0 saturated carbocycles. The molecular formula is C11H12FNO2. The smallest absolute Gasteiger partial charge is 0.257 e. The molecule has 1 amide bonds. The van der Waals surface area contributed by atoms with Crippen LogP contribution in [0.5, 0.6) is 5.75 Å². The number of carbonyl (C=O) groups is 1. The summed E-state index contributed by atoms with van der Waals surface area (Å²) in [6.45, 7) is 2.96. The first-order valence-electron chi connectivity index (χ1n) is 4.83. The molecule has 1 aromatic carbocycles. The summed E-state index contributed by atoms with van der Waals surface area (Å²) in [6, 6.07) is 3.30. The van der Waals surface area contributed by atoms with E-state index >= 15 is 0 Å². The number of methoxy groups -OCH3 is 1. The number of hydrogen-bond acceptors (Lipinski definition) is 2. The number of hydrogen-bond donors (Lipinski definition) is 0. The number of nitrogens with zero attached hydrogens (tertiary/aromatic N) is 1. The highest BCUT2D eigenvalue weighted by Crippen LogP contribution is 2.30. The number of fused-ring (bicyclic) bond motifs is 1. The van der Waals surface area contributed by atoms with Crippen molar-refractivity contribution in [1.82, 2.24) is 4.90 Å². The third-order valence-corrected chi connectivity index (χ3v) is 2.66. The van der Waals surface area contributed by atoms with Gasteiger partial charge in [0.1, 0.15) is 0 Å². The fraction of sp³-hybridized carbons (Fsp3) is 0.364. The van der Waals surface area contributed by atoms with Gasteiger partial charge < -0.3 is 9.64 Å². The summed E-state index contributed by atoms with van der Waals surface area (Å²) < 4.78 is 18.6. The molecule has 80 valence electrons. The van der Waals surface area contributed by atoms with Gasteiger partial charge in [-0.15, -0.1) is 0 Å². The number of ether oxygens (including phenoxy) is 1. The van der Waals surface area contributed by atoms with Crippen LogP contribution in [0.25, 0.3) is 0 Å². The molecule has 0 unspecified atom stereocenters. The van der Waals surface area contributed by atoms with E-state index in [-0.39, 0.29) is 17.2 Å². The highest BCUT2D eigenvalue weighted by molar-refractivity contribution is 5.99. The number of carbonyl (C=O) groups excluding carboxylic acids is 1. The molecule has 1 aliphatic heterocycles. The lowest BCUT2D eigenvalue weighted by molar-refractivity contribution is 0.0783. The molecule has 0 aromatic heterocycles. The molecule has 3 nitrogen and oxygen atoms in total. The summed E-state index contributed by atoms with van der Waals surface area (Å²) >= 11 is 0. The number of benzene rings is 1. The standard InChI is InChI=1S/C11H12FNO2/c1-3-13-6-7-4-5-8(15-2)10(12)9(7)11(13)14/h4-5H,3,6H2,1-2H3. The Bertz CT molecular complexity index is 417. The number of rotatable bonds is 2. The molecule has 15 heavy (non-hydrogen) atoms. The van der Waals surface area contributed by atoms with E-state index in [2.05, 4.69) is 0 Å². The highest BCUT2D eigenvalue weighted by Gasteiger charge is 2.30. The maximum absolute atomic E-state index is 13.8. The first kappa shape index (κ1) is 9.96. The monoisotopic (exact) mass is 209 g/mol. The minimum Gasteiger partial charge on any atom is -0.494 e. The van der Waals surface area contributed by atoms with Crippen molar-refractivity contribution in [1.29, 1.82) is 0 Å². The summed E-state index contributed by atoms with van der Waals surface area (Å²) in [4.78, 5) is 13.4. The molecule has 0 bridgehead atoms. The summed E-state index contributed by atoms with van der Waals surface area (Å²) in [5, 5.41) is 0. The molecule has 0 atom stereocenters. The summed E-state index contributed by atoms with van der Waals surface area (Å²) in [5.41, 5.74) is 0.899. The van der Waals surface area contributed by atoms with E-state index in [1.807, 2.05) is 6.92 Å². The zero-order valence-electron chi connectivity index (χ0n) is 8.71. The Morgan fingerprint density at radius 3 is 2.87 bits per heavy atom. The second kappa shape index (κ2) is 3.53. The van der Waals surface area contributed by atoms with Gasteiger partial charge in [-0.2, -0.15) is 0 Å². The van der Waals surface area contributed by atoms with E-state index in [4.69, 9.17) is 4.74 Å². The van der Waals surface area contributed by atoms with E-state index in [1.54, 1.807) is 17.0 Å². The third-order valence-electron chi connectivity index (χ3n) is 2.66. The van der Waals surface area contributed by atoms with Crippen LogP contribution in [0.3, 0.4) is 0 Å². The van der Waals surface area contributed by atoms with E-state index < -0.39 is 5.82 Å². The normalized spacial score (nSPS) is 14.3. The SMILES string of the molecule is CCN1Cc2ccc(OC)c(F)c2C1=O. The number of halogens is 1. The molecule has 0 radical (unpaired) electrons. The van der Waals surface area contributed by atoms with Crippen LogP contribution in [-0.2, 0) is 6.54 Å². The Morgan fingerprint density at radius 1 is 1.53 bits per heavy atom. The van der Waals surface area contributed by atoms with Crippen LogP contribution in [0.15, 0.2) is 12.1 Å². The lowest BCUT2D eigenvalue weighted by Crippen LogP contribution is -2.23. The Balaban J connectivity index is 2.52. The van der Waals surface area contributed by atoms with Crippen LogP contribution in [0, 0.1) is 5.82 Å². The van der Waals surface area contributed by atoms with E-state index in [0.29, 0.717) is 13.1 Å². The Morgan fingerprint density at radius 2 is 2.27 bits per heavy atom. The van der Waals surface area contributed by atoms with Crippen molar-refractivity contribution in [2.75, 3.05) is 13.7 Å². The van der Waals surface area contributed by atoms with Crippen LogP contribution in [0.2, 0.25) is 0 Å². The predicted octanol–water partition coefficient (Wildman–Crippen LogP) is 1.81. The van der Waals surface area contributed by atoms with Crippen molar-refractivity contribution in [2.45, 2.75) is 13.5 Å². The highest BCUT2D eigenvalue weighted by atomic mass is 19.1. The lowest BCUT2D eigenvalue weighted by Gasteiger charge is -2.10. The second-order valence-electron chi connectivity index (χ2n) is 3.44. The Labute approximate surface area is 87.5 Å². The summed E-state index contributed by atoms with van der Waals surface area (Å²) in [5.74, 6) is -0.667. The van der Waals surface area contributed by atoms with Crippen molar-refractivity contribution < 1.29 is 13.9 Å². The summed E-state index contributed by atoms with van der Waals surface area (Å²) in [6.07, 6.45) is 0. The number of amides is 1. The Kier molecular flexibility index (Phi) is 2.34. The van der Waals surface area contributed by atoms with Crippen molar-refractivity contribution in [3.05, 3.63) is 29.1 Å². The van der Waals surface area contributed by atoms with Crippen molar-refractivity contribution in [2.24, 2.45) is 0 Å². The van der Waals surface area contributed by atoms with Gasteiger partial charge in [-0.25, -0.2) is 4.39 Å². The average Bonchev–Trinajstić information content (AvgIpc) is 2.57. The topological polar surface area (TPSA) is 29.5 Å². The van der Waals surface area contributed by atoms with Gasteiger partial charge in [0.2, 0.25) is 0 Å². The zero-order valence-corrected chi connectivity index (χ0v) is 8.71. The van der Waals surface area contributed by atoms with Crippen molar-refractivity contribution >= 4 is 5.91 Å². The van der Waals surface area contributed by atoms with Gasteiger partial charge in [0.15, 0.2) is 11.6 Å². The molecule has 0 aliphatic carbocycles. The van der Waals surface area contributed by atoms with Gasteiger partial charge in [0.05, 0.1) is 12.7 Å². The van der Waals surface area contributed by atoms with E-state index in [1.165, 1.54) is 7.11 Å². The van der Waals surface area contributed by atoms with Gasteiger partial charge in [-0.1, -0.05) is 6.07 Å². The fourth-order valence-corrected chi connectivity index (χ4v) is 1.81. The maximum atomic E-state index is 13.8. The molecule has 0 fully saturated rings. The molecule has 0 spiro atoms. The largest absolute Gasteiger partial charge is 0.494 e. The molecule has 1 heterocycles. The zero-order chi connectivity index (χ0) is 11.0. The minimum absolute atomic E-state index is 0.125. The minimum atomic E-state index is -0.545. The van der Waals surface area contributed by atoms with Crippen molar-refractivity contribution in [3.8, 4) is 5.75 Å². The molecule has 0 N–H and O–H groups in total. The molecular weight excluding hydrogens is 197 g/mol. The first-order valence-corrected chi connectivity index (χ1v) is 4.83. The molecule has 0 saturated heterocycles. The fourth-order valence-electron chi connectivity index (χ4n) is 1.81. The molecule has 4 heteroatoms. The van der Waals surface area contributed by atoms with Gasteiger partial charge in [0.25, 0.3) is 5.91 Å².